The van der Waals surface area contributed by atoms with Crippen molar-refractivity contribution in [2.24, 2.45) is 5.73 Å². The van der Waals surface area contributed by atoms with Gasteiger partial charge in [-0.3, -0.25) is 5.41 Å². The second kappa shape index (κ2) is 3.98. The molecule has 4 nitrogen and oxygen atoms in total. The van der Waals surface area contributed by atoms with Crippen LogP contribution in [0.4, 0.5) is 0 Å². The summed E-state index contributed by atoms with van der Waals surface area (Å²) in [4.78, 5) is 0. The lowest BCUT2D eigenvalue weighted by Crippen LogP contribution is -2.11. The van der Waals surface area contributed by atoms with Gasteiger partial charge in [0.15, 0.2) is 0 Å². The maximum atomic E-state index is 7.33. The third-order valence-corrected chi connectivity index (χ3v) is 2.53. The first-order valence-corrected chi connectivity index (χ1v) is 5.11. The molecule has 3 N–H and O–H groups in total. The molecule has 0 saturated heterocycles. The van der Waals surface area contributed by atoms with Crippen LogP contribution in [0.15, 0.2) is 30.6 Å². The van der Waals surface area contributed by atoms with Gasteiger partial charge < -0.3 is 5.73 Å². The van der Waals surface area contributed by atoms with Crippen molar-refractivity contribution in [2.45, 2.75) is 6.92 Å². The van der Waals surface area contributed by atoms with E-state index < -0.39 is 0 Å². The Morgan fingerprint density at radius 2 is 2.25 bits per heavy atom. The van der Waals surface area contributed by atoms with Gasteiger partial charge in [0.1, 0.15) is 5.84 Å². The van der Waals surface area contributed by atoms with E-state index in [-0.39, 0.29) is 5.84 Å². The predicted molar refractivity (Wildman–Crippen MR) is 64.3 cm³/mol. The van der Waals surface area contributed by atoms with Crippen molar-refractivity contribution in [1.29, 1.82) is 5.41 Å². The van der Waals surface area contributed by atoms with Gasteiger partial charge in [-0.2, -0.15) is 5.10 Å². The molecule has 0 radical (unpaired) electrons. The maximum absolute atomic E-state index is 7.33. The number of rotatable bonds is 2. The van der Waals surface area contributed by atoms with E-state index in [2.05, 4.69) is 5.10 Å². The van der Waals surface area contributed by atoms with E-state index >= 15 is 0 Å². The number of aromatic nitrogens is 2. The molecule has 0 unspecified atom stereocenters. The number of hydrogen-bond acceptors (Lipinski definition) is 2. The van der Waals surface area contributed by atoms with Gasteiger partial charge in [0.05, 0.1) is 16.9 Å². The molecule has 82 valence electrons. The second-order valence-corrected chi connectivity index (χ2v) is 3.95. The third-order valence-electron chi connectivity index (χ3n) is 2.22. The molecule has 1 aromatic carbocycles. The Morgan fingerprint density at radius 3 is 2.75 bits per heavy atom. The summed E-state index contributed by atoms with van der Waals surface area (Å²) in [5.74, 6) is -0.0341. The van der Waals surface area contributed by atoms with Gasteiger partial charge in [-0.1, -0.05) is 11.6 Å². The summed E-state index contributed by atoms with van der Waals surface area (Å²) in [6.07, 6.45) is 3.67. The fraction of sp³-hybridized carbons (Fsp3) is 0.0909. The van der Waals surface area contributed by atoms with Crippen molar-refractivity contribution in [3.8, 4) is 5.69 Å². The largest absolute Gasteiger partial charge is 0.384 e. The minimum absolute atomic E-state index is 0.0341. The first-order valence-electron chi connectivity index (χ1n) is 4.73. The predicted octanol–water partition coefficient (Wildman–Crippen LogP) is 2.12. The molecular weight excluding hydrogens is 224 g/mol. The molecular formula is C11H11ClN4. The van der Waals surface area contributed by atoms with Gasteiger partial charge in [-0.15, -0.1) is 0 Å². The number of halogens is 1. The lowest BCUT2D eigenvalue weighted by atomic mass is 10.2. The van der Waals surface area contributed by atoms with Crippen LogP contribution in [0.25, 0.3) is 5.69 Å². The molecule has 2 rings (SSSR count). The smallest absolute Gasteiger partial charge is 0.124 e. The number of nitrogens with two attached hydrogens (primary N) is 1. The average molecular weight is 235 g/mol. The highest BCUT2D eigenvalue weighted by atomic mass is 35.5. The van der Waals surface area contributed by atoms with E-state index in [1.54, 1.807) is 23.0 Å². The SMILES string of the molecule is Cc1cnn(-c2ccc(C(=N)N)c(Cl)c2)c1. The molecule has 0 spiro atoms. The van der Waals surface area contributed by atoms with Gasteiger partial charge >= 0.3 is 0 Å². The summed E-state index contributed by atoms with van der Waals surface area (Å²) in [6.45, 7) is 1.97. The van der Waals surface area contributed by atoms with Gasteiger partial charge in [-0.05, 0) is 30.7 Å². The van der Waals surface area contributed by atoms with Crippen molar-refractivity contribution in [3.63, 3.8) is 0 Å². The van der Waals surface area contributed by atoms with Crippen LogP contribution in [-0.4, -0.2) is 15.6 Å². The number of nitrogens with one attached hydrogen (secondary N) is 1. The van der Waals surface area contributed by atoms with Crippen LogP contribution in [0, 0.1) is 12.3 Å². The molecule has 1 heterocycles. The Balaban J connectivity index is 2.45. The van der Waals surface area contributed by atoms with Crippen LogP contribution in [0.3, 0.4) is 0 Å². The Morgan fingerprint density at radius 1 is 1.50 bits per heavy atom. The zero-order chi connectivity index (χ0) is 11.7. The van der Waals surface area contributed by atoms with Crippen LogP contribution >= 0.6 is 11.6 Å². The molecule has 0 aliphatic carbocycles. The Kier molecular flexibility index (Phi) is 2.66. The normalized spacial score (nSPS) is 10.4. The fourth-order valence-electron chi connectivity index (χ4n) is 1.42. The lowest BCUT2D eigenvalue weighted by molar-refractivity contribution is 0.880. The standard InChI is InChI=1S/C11H11ClN4/c1-7-5-15-16(6-7)8-2-3-9(11(13)14)10(12)4-8/h2-6H,1H3,(H3,13,14). The second-order valence-electron chi connectivity index (χ2n) is 3.54. The van der Waals surface area contributed by atoms with Crippen molar-refractivity contribution >= 4 is 17.4 Å². The zero-order valence-corrected chi connectivity index (χ0v) is 9.49. The lowest BCUT2D eigenvalue weighted by Gasteiger charge is -2.05. The Hall–Kier alpha value is -1.81. The zero-order valence-electron chi connectivity index (χ0n) is 8.74. The quantitative estimate of drug-likeness (QED) is 0.617. The van der Waals surface area contributed by atoms with Crippen molar-refractivity contribution in [3.05, 3.63) is 46.7 Å². The molecule has 0 atom stereocenters. The van der Waals surface area contributed by atoms with Crippen LogP contribution in [0.2, 0.25) is 5.02 Å². The van der Waals surface area contributed by atoms with Crippen molar-refractivity contribution < 1.29 is 0 Å². The van der Waals surface area contributed by atoms with E-state index in [0.29, 0.717) is 10.6 Å². The highest BCUT2D eigenvalue weighted by Gasteiger charge is 2.06. The van der Waals surface area contributed by atoms with Gasteiger partial charge in [-0.25, -0.2) is 4.68 Å². The monoisotopic (exact) mass is 234 g/mol. The summed E-state index contributed by atoms with van der Waals surface area (Å²) in [7, 11) is 0. The minimum Gasteiger partial charge on any atom is -0.384 e. The molecule has 0 aliphatic rings. The van der Waals surface area contributed by atoms with E-state index in [9.17, 15) is 0 Å². The Bertz CT molecular complexity index is 545. The summed E-state index contributed by atoms with van der Waals surface area (Å²) < 4.78 is 1.73. The van der Waals surface area contributed by atoms with Crippen LogP contribution in [-0.2, 0) is 0 Å². The summed E-state index contributed by atoms with van der Waals surface area (Å²) >= 11 is 6.02. The van der Waals surface area contributed by atoms with Gasteiger partial charge in [0.25, 0.3) is 0 Å². The summed E-state index contributed by atoms with van der Waals surface area (Å²) in [5, 5.41) is 12.0. The van der Waals surface area contributed by atoms with Gasteiger partial charge in [0.2, 0.25) is 0 Å². The highest BCUT2D eigenvalue weighted by molar-refractivity contribution is 6.34. The van der Waals surface area contributed by atoms with E-state index in [1.165, 1.54) is 0 Å². The number of hydrogen-bond donors (Lipinski definition) is 2. The van der Waals surface area contributed by atoms with Crippen LogP contribution in [0.1, 0.15) is 11.1 Å². The summed E-state index contributed by atoms with van der Waals surface area (Å²) in [5.41, 5.74) is 7.85. The van der Waals surface area contributed by atoms with Gasteiger partial charge in [0, 0.05) is 11.8 Å². The first-order chi connectivity index (χ1) is 7.58. The molecule has 0 fully saturated rings. The number of nitrogens with zero attached hydrogens (tertiary/aromatic N) is 2. The molecule has 0 amide bonds. The molecule has 0 bridgehead atoms. The molecule has 5 heteroatoms. The molecule has 2 aromatic rings. The van der Waals surface area contributed by atoms with E-state index in [0.717, 1.165) is 11.3 Å². The molecule has 1 aromatic heterocycles. The highest BCUT2D eigenvalue weighted by Crippen LogP contribution is 2.19. The Labute approximate surface area is 98.2 Å². The average Bonchev–Trinajstić information content (AvgIpc) is 2.64. The fourth-order valence-corrected chi connectivity index (χ4v) is 1.70. The van der Waals surface area contributed by atoms with E-state index in [4.69, 9.17) is 22.7 Å². The number of aryl methyl sites for hydroxylation is 1. The number of nitrogen functional groups attached to an aromatic ring is 1. The molecule has 0 saturated carbocycles. The number of amidine groups is 1. The summed E-state index contributed by atoms with van der Waals surface area (Å²) in [6, 6.07) is 5.29. The maximum Gasteiger partial charge on any atom is 0.124 e. The molecule has 16 heavy (non-hydrogen) atoms. The van der Waals surface area contributed by atoms with Crippen LogP contribution < -0.4 is 5.73 Å². The number of benzene rings is 1. The minimum atomic E-state index is -0.0341. The van der Waals surface area contributed by atoms with Crippen LogP contribution in [0.5, 0.6) is 0 Å². The van der Waals surface area contributed by atoms with E-state index in [1.807, 2.05) is 19.2 Å². The van der Waals surface area contributed by atoms with Crippen molar-refractivity contribution in [1.82, 2.24) is 9.78 Å². The van der Waals surface area contributed by atoms with Crippen molar-refractivity contribution in [2.75, 3.05) is 0 Å². The third kappa shape index (κ3) is 1.92. The topological polar surface area (TPSA) is 67.7 Å². The first kappa shape index (κ1) is 10.7. The molecule has 0 aliphatic heterocycles.